The van der Waals surface area contributed by atoms with Crippen molar-refractivity contribution >= 4 is 0 Å². The first-order valence-corrected chi connectivity index (χ1v) is 7.88. The summed E-state index contributed by atoms with van der Waals surface area (Å²) in [7, 11) is 0. The van der Waals surface area contributed by atoms with E-state index in [1.165, 1.54) is 27.8 Å². The molecule has 4 rings (SSSR count). The standard InChI is InChI=1S/C18H13.CH4.3ClH.Zr/c1-2-8-13(7-1)18-16-11-5-3-9-14(16)15-10-4-6-12-17(15)18;;;;;/h1,3-7,9-12,18H,2H2;1H4;3*1H;/q;;;;;+3/p-3. The fourth-order valence-electron chi connectivity index (χ4n) is 3.28. The summed E-state index contributed by atoms with van der Waals surface area (Å²) in [6.07, 6.45) is 5.80. The number of rotatable bonds is 1. The van der Waals surface area contributed by atoms with E-state index >= 15 is 0 Å². The SMILES string of the molecule is C.[Cl-].[Cl-].[Cl-].[Zr+3][C]1=C(C2c3ccccc3-c3ccccc32)C=CC1. The van der Waals surface area contributed by atoms with Crippen molar-refractivity contribution in [3.63, 3.8) is 0 Å². The van der Waals surface area contributed by atoms with Crippen LogP contribution in [-0.4, -0.2) is 0 Å². The molecule has 0 atom stereocenters. The topological polar surface area (TPSA) is 0 Å². The zero-order chi connectivity index (χ0) is 12.8. The third-order valence-corrected chi connectivity index (χ3v) is 5.32. The molecule has 0 saturated heterocycles. The molecular weight excluding hydrogens is 426 g/mol. The van der Waals surface area contributed by atoms with Crippen molar-refractivity contribution in [3.8, 4) is 11.1 Å². The van der Waals surface area contributed by atoms with Crippen LogP contribution in [0.2, 0.25) is 0 Å². The molecule has 0 nitrogen and oxygen atoms in total. The summed E-state index contributed by atoms with van der Waals surface area (Å²) in [5.74, 6) is 0.459. The molecule has 2 aromatic carbocycles. The molecular formula is C19H17Cl3Zr. The van der Waals surface area contributed by atoms with Crippen LogP contribution in [0.3, 0.4) is 0 Å². The quantitative estimate of drug-likeness (QED) is 0.425. The molecule has 23 heavy (non-hydrogen) atoms. The van der Waals surface area contributed by atoms with E-state index in [-0.39, 0.29) is 44.6 Å². The Morgan fingerprint density at radius 3 is 1.70 bits per heavy atom. The number of fused-ring (bicyclic) bond motifs is 3. The molecule has 0 unspecified atom stereocenters. The van der Waals surface area contributed by atoms with Gasteiger partial charge in [-0.15, -0.1) is 0 Å². The summed E-state index contributed by atoms with van der Waals surface area (Å²) in [6.45, 7) is 0. The molecule has 0 radical (unpaired) electrons. The Kier molecular flexibility index (Phi) is 9.10. The van der Waals surface area contributed by atoms with Crippen LogP contribution in [0.5, 0.6) is 0 Å². The van der Waals surface area contributed by atoms with Gasteiger partial charge < -0.3 is 37.2 Å². The molecule has 0 N–H and O–H groups in total. The molecule has 0 spiro atoms. The van der Waals surface area contributed by atoms with Crippen LogP contribution in [0.25, 0.3) is 11.1 Å². The van der Waals surface area contributed by atoms with Crippen LogP contribution in [-0.2, 0) is 24.7 Å². The van der Waals surface area contributed by atoms with Crippen molar-refractivity contribution in [2.45, 2.75) is 19.8 Å². The Hall–Kier alpha value is -0.327. The minimum absolute atomic E-state index is 0. The molecule has 0 amide bonds. The Morgan fingerprint density at radius 2 is 1.26 bits per heavy atom. The van der Waals surface area contributed by atoms with E-state index in [4.69, 9.17) is 0 Å². The van der Waals surface area contributed by atoms with E-state index in [0.29, 0.717) is 5.92 Å². The number of hydrogen-bond acceptors (Lipinski definition) is 0. The fourth-order valence-corrected chi connectivity index (χ4v) is 4.13. The molecule has 2 aromatic rings. The summed E-state index contributed by atoms with van der Waals surface area (Å²) in [6, 6.07) is 17.7. The van der Waals surface area contributed by atoms with Crippen molar-refractivity contribution in [1.29, 1.82) is 0 Å². The van der Waals surface area contributed by atoms with E-state index < -0.39 is 0 Å². The van der Waals surface area contributed by atoms with E-state index in [1.807, 2.05) is 0 Å². The van der Waals surface area contributed by atoms with Crippen molar-refractivity contribution in [2.24, 2.45) is 0 Å². The second-order valence-corrected chi connectivity index (χ2v) is 6.63. The van der Waals surface area contributed by atoms with Gasteiger partial charge in [-0.2, -0.15) is 0 Å². The van der Waals surface area contributed by atoms with E-state index in [1.54, 1.807) is 28.0 Å². The summed E-state index contributed by atoms with van der Waals surface area (Å²) >= 11 is 1.56. The number of hydrogen-bond donors (Lipinski definition) is 0. The molecule has 0 aromatic heterocycles. The average molecular weight is 443 g/mol. The Bertz CT molecular complexity index is 689. The van der Waals surface area contributed by atoms with E-state index in [9.17, 15) is 0 Å². The normalized spacial score (nSPS) is 14.0. The first-order chi connectivity index (χ1) is 9.36. The summed E-state index contributed by atoms with van der Waals surface area (Å²) in [5.41, 5.74) is 7.32. The van der Waals surface area contributed by atoms with Gasteiger partial charge >= 0.3 is 129 Å². The van der Waals surface area contributed by atoms with Gasteiger partial charge in [-0.25, -0.2) is 0 Å². The van der Waals surface area contributed by atoms with Crippen LogP contribution < -0.4 is 37.2 Å². The first-order valence-electron chi connectivity index (χ1n) is 6.65. The maximum absolute atomic E-state index is 2.34. The summed E-state index contributed by atoms with van der Waals surface area (Å²) in [5, 5.41) is 0. The second-order valence-electron chi connectivity index (χ2n) is 5.15. The predicted molar refractivity (Wildman–Crippen MR) is 81.2 cm³/mol. The Morgan fingerprint density at radius 1 is 0.783 bits per heavy atom. The predicted octanol–water partition coefficient (Wildman–Crippen LogP) is -3.79. The van der Waals surface area contributed by atoms with Crippen molar-refractivity contribution in [1.82, 2.24) is 0 Å². The Balaban J connectivity index is 0.00000121. The molecule has 0 aliphatic heterocycles. The second kappa shape index (κ2) is 9.23. The first kappa shape index (κ1) is 22.7. The van der Waals surface area contributed by atoms with Gasteiger partial charge in [0.05, 0.1) is 0 Å². The number of benzene rings is 2. The van der Waals surface area contributed by atoms with Crippen molar-refractivity contribution in [2.75, 3.05) is 0 Å². The van der Waals surface area contributed by atoms with E-state index in [2.05, 4.69) is 60.7 Å². The fraction of sp³-hybridized carbons (Fsp3) is 0.158. The van der Waals surface area contributed by atoms with Crippen molar-refractivity contribution < 1.29 is 61.9 Å². The maximum atomic E-state index is 2.34. The molecule has 118 valence electrons. The van der Waals surface area contributed by atoms with Gasteiger partial charge in [0.15, 0.2) is 0 Å². The van der Waals surface area contributed by atoms with E-state index in [0.717, 1.165) is 6.42 Å². The molecule has 2 aliphatic rings. The van der Waals surface area contributed by atoms with Crippen molar-refractivity contribution in [3.05, 3.63) is 80.7 Å². The number of halogens is 3. The summed E-state index contributed by atoms with van der Waals surface area (Å²) in [4.78, 5) is 0. The van der Waals surface area contributed by atoms with Gasteiger partial charge in [-0.1, -0.05) is 7.43 Å². The van der Waals surface area contributed by atoms with Gasteiger partial charge in [0.1, 0.15) is 0 Å². The molecule has 4 heteroatoms. The zero-order valence-corrected chi connectivity index (χ0v) is 16.4. The third-order valence-electron chi connectivity index (χ3n) is 4.11. The molecule has 2 aliphatic carbocycles. The van der Waals surface area contributed by atoms with Crippen LogP contribution in [0.4, 0.5) is 0 Å². The molecule has 0 saturated carbocycles. The molecule has 0 bridgehead atoms. The third kappa shape index (κ3) is 3.69. The van der Waals surface area contributed by atoms with Crippen LogP contribution >= 0.6 is 0 Å². The van der Waals surface area contributed by atoms with Gasteiger partial charge in [0, 0.05) is 0 Å². The zero-order valence-electron chi connectivity index (χ0n) is 11.7. The average Bonchev–Trinajstić information content (AvgIpc) is 3.00. The van der Waals surface area contributed by atoms with Crippen LogP contribution in [0.1, 0.15) is 30.9 Å². The summed E-state index contributed by atoms with van der Waals surface area (Å²) < 4.78 is 1.60. The number of allylic oxidation sites excluding steroid dienone is 4. The van der Waals surface area contributed by atoms with Gasteiger partial charge in [0.25, 0.3) is 0 Å². The Labute approximate surface area is 172 Å². The molecule has 0 fully saturated rings. The molecule has 0 heterocycles. The van der Waals surface area contributed by atoms with Gasteiger partial charge in [0.2, 0.25) is 0 Å². The van der Waals surface area contributed by atoms with Crippen LogP contribution in [0.15, 0.2) is 69.5 Å². The van der Waals surface area contributed by atoms with Gasteiger partial charge in [-0.05, 0) is 0 Å². The monoisotopic (exact) mass is 440 g/mol. The minimum atomic E-state index is 0. The van der Waals surface area contributed by atoms with Gasteiger partial charge in [-0.3, -0.25) is 0 Å². The van der Waals surface area contributed by atoms with Crippen LogP contribution in [0, 0.1) is 0 Å².